The van der Waals surface area contributed by atoms with Gasteiger partial charge in [-0.15, -0.1) is 0 Å². The van der Waals surface area contributed by atoms with E-state index in [2.05, 4.69) is 5.32 Å². The Kier molecular flexibility index (Phi) is 4.61. The van der Waals surface area contributed by atoms with Crippen molar-refractivity contribution in [2.45, 2.75) is 44.6 Å². The molecule has 1 amide bonds. The van der Waals surface area contributed by atoms with Gasteiger partial charge in [0.15, 0.2) is 11.6 Å². The van der Waals surface area contributed by atoms with Crippen molar-refractivity contribution in [3.8, 4) is 0 Å². The molecule has 116 valence electrons. The fraction of sp³-hybridized carbons (Fsp3) is 0.562. The minimum Gasteiger partial charge on any atom is -0.354 e. The maximum Gasteiger partial charge on any atom is 0.223 e. The number of carbonyl (C=O) groups excluding carboxylic acids is 1. The van der Waals surface area contributed by atoms with Crippen LogP contribution in [0, 0.1) is 17.6 Å². The lowest BCUT2D eigenvalue weighted by atomic mass is 9.94. The molecule has 0 saturated heterocycles. The highest BCUT2D eigenvalue weighted by atomic mass is 19.2. The second kappa shape index (κ2) is 6.10. The van der Waals surface area contributed by atoms with Crippen molar-refractivity contribution >= 4 is 5.91 Å². The first-order valence-electron chi connectivity index (χ1n) is 7.41. The molecular weight excluding hydrogens is 274 g/mol. The minimum atomic E-state index is -0.864. The molecule has 5 heteroatoms. The van der Waals surface area contributed by atoms with Gasteiger partial charge in [0, 0.05) is 18.0 Å². The Bertz CT molecular complexity index is 529. The Morgan fingerprint density at radius 1 is 1.33 bits per heavy atom. The lowest BCUT2D eigenvalue weighted by Crippen LogP contribution is -2.49. The number of nitrogens with one attached hydrogen (secondary N) is 1. The number of carbonyl (C=O) groups is 1. The SMILES string of the molecule is CCC(N)(CC)CNC(=O)C1CC1c1ccc(F)c(F)c1. The summed E-state index contributed by atoms with van der Waals surface area (Å²) in [6, 6.07) is 3.83. The topological polar surface area (TPSA) is 55.1 Å². The summed E-state index contributed by atoms with van der Waals surface area (Å²) < 4.78 is 26.1. The van der Waals surface area contributed by atoms with Crippen LogP contribution >= 0.6 is 0 Å². The number of rotatable bonds is 6. The molecule has 0 aliphatic heterocycles. The highest BCUT2D eigenvalue weighted by Gasteiger charge is 2.44. The lowest BCUT2D eigenvalue weighted by Gasteiger charge is -2.26. The molecule has 0 aromatic heterocycles. The lowest BCUT2D eigenvalue weighted by molar-refractivity contribution is -0.122. The van der Waals surface area contributed by atoms with E-state index in [0.29, 0.717) is 18.5 Å². The summed E-state index contributed by atoms with van der Waals surface area (Å²) in [5.41, 5.74) is 6.45. The van der Waals surface area contributed by atoms with Crippen molar-refractivity contribution < 1.29 is 13.6 Å². The Labute approximate surface area is 123 Å². The van der Waals surface area contributed by atoms with Gasteiger partial charge in [0.25, 0.3) is 0 Å². The van der Waals surface area contributed by atoms with E-state index in [1.54, 1.807) is 6.07 Å². The van der Waals surface area contributed by atoms with Crippen molar-refractivity contribution in [1.29, 1.82) is 0 Å². The van der Waals surface area contributed by atoms with Gasteiger partial charge in [-0.25, -0.2) is 8.78 Å². The molecule has 0 radical (unpaired) electrons. The third-order valence-corrected chi connectivity index (χ3v) is 4.52. The molecule has 2 unspecified atom stereocenters. The molecule has 2 atom stereocenters. The largest absolute Gasteiger partial charge is 0.354 e. The second-order valence-electron chi connectivity index (χ2n) is 5.91. The highest BCUT2D eigenvalue weighted by Crippen LogP contribution is 2.47. The van der Waals surface area contributed by atoms with Gasteiger partial charge in [0.05, 0.1) is 0 Å². The van der Waals surface area contributed by atoms with E-state index >= 15 is 0 Å². The van der Waals surface area contributed by atoms with Gasteiger partial charge in [-0.3, -0.25) is 4.79 Å². The van der Waals surface area contributed by atoms with E-state index < -0.39 is 11.6 Å². The van der Waals surface area contributed by atoms with Crippen LogP contribution in [0.1, 0.15) is 44.6 Å². The van der Waals surface area contributed by atoms with Crippen LogP contribution in [0.25, 0.3) is 0 Å². The van der Waals surface area contributed by atoms with Gasteiger partial charge >= 0.3 is 0 Å². The Morgan fingerprint density at radius 2 is 2.00 bits per heavy atom. The molecule has 1 aromatic rings. The summed E-state index contributed by atoms with van der Waals surface area (Å²) in [5, 5.41) is 2.88. The van der Waals surface area contributed by atoms with Crippen LogP contribution in [0.2, 0.25) is 0 Å². The van der Waals surface area contributed by atoms with Crippen LogP contribution in [-0.2, 0) is 4.79 Å². The molecule has 3 N–H and O–H groups in total. The Hall–Kier alpha value is -1.49. The first kappa shape index (κ1) is 15.9. The molecule has 0 spiro atoms. The van der Waals surface area contributed by atoms with Gasteiger partial charge in [-0.05, 0) is 42.9 Å². The zero-order valence-corrected chi connectivity index (χ0v) is 12.5. The molecule has 3 nitrogen and oxygen atoms in total. The maximum atomic E-state index is 13.2. The molecule has 1 fully saturated rings. The average molecular weight is 296 g/mol. The molecule has 1 saturated carbocycles. The summed E-state index contributed by atoms with van der Waals surface area (Å²) in [7, 11) is 0. The van der Waals surface area contributed by atoms with Gasteiger partial charge in [0.1, 0.15) is 0 Å². The molecular formula is C16H22F2N2O. The number of nitrogens with two attached hydrogens (primary N) is 1. The van der Waals surface area contributed by atoms with E-state index in [9.17, 15) is 13.6 Å². The van der Waals surface area contributed by atoms with Crippen LogP contribution in [0.5, 0.6) is 0 Å². The van der Waals surface area contributed by atoms with Crippen molar-refractivity contribution in [3.63, 3.8) is 0 Å². The standard InChI is InChI=1S/C16H22F2N2O/c1-3-16(19,4-2)9-20-15(21)12-8-11(12)10-5-6-13(17)14(18)7-10/h5-7,11-12H,3-4,8-9,19H2,1-2H3,(H,20,21). The smallest absolute Gasteiger partial charge is 0.223 e. The minimum absolute atomic E-state index is 0.0180. The van der Waals surface area contributed by atoms with Crippen LogP contribution in [0.15, 0.2) is 18.2 Å². The maximum absolute atomic E-state index is 13.2. The molecule has 1 aliphatic rings. The number of amides is 1. The van der Waals surface area contributed by atoms with E-state index in [0.717, 1.165) is 18.9 Å². The Balaban J connectivity index is 1.90. The zero-order valence-electron chi connectivity index (χ0n) is 12.5. The van der Waals surface area contributed by atoms with Crippen LogP contribution in [0.3, 0.4) is 0 Å². The second-order valence-corrected chi connectivity index (χ2v) is 5.91. The van der Waals surface area contributed by atoms with E-state index in [4.69, 9.17) is 5.73 Å². The number of hydrogen-bond acceptors (Lipinski definition) is 2. The van der Waals surface area contributed by atoms with Crippen LogP contribution in [-0.4, -0.2) is 18.0 Å². The van der Waals surface area contributed by atoms with Gasteiger partial charge in [-0.1, -0.05) is 19.9 Å². The van der Waals surface area contributed by atoms with Gasteiger partial charge < -0.3 is 11.1 Å². The molecule has 0 heterocycles. The summed E-state index contributed by atoms with van der Waals surface area (Å²) in [6.07, 6.45) is 2.26. The van der Waals surface area contributed by atoms with Crippen molar-refractivity contribution in [2.75, 3.05) is 6.54 Å². The quantitative estimate of drug-likeness (QED) is 0.848. The van der Waals surface area contributed by atoms with Crippen molar-refractivity contribution in [2.24, 2.45) is 11.7 Å². The molecule has 2 rings (SSSR count). The summed E-state index contributed by atoms with van der Waals surface area (Å²) in [6.45, 7) is 4.44. The summed E-state index contributed by atoms with van der Waals surface area (Å²) >= 11 is 0. The number of benzene rings is 1. The normalized spacial score (nSPS) is 21.2. The van der Waals surface area contributed by atoms with Crippen molar-refractivity contribution in [1.82, 2.24) is 5.32 Å². The monoisotopic (exact) mass is 296 g/mol. The zero-order chi connectivity index (χ0) is 15.6. The summed E-state index contributed by atoms with van der Waals surface area (Å²) in [5.74, 6) is -1.96. The molecule has 1 aliphatic carbocycles. The first-order valence-corrected chi connectivity index (χ1v) is 7.41. The molecule has 21 heavy (non-hydrogen) atoms. The fourth-order valence-electron chi connectivity index (χ4n) is 2.49. The third kappa shape index (κ3) is 3.59. The Morgan fingerprint density at radius 3 is 2.57 bits per heavy atom. The van der Waals surface area contributed by atoms with E-state index in [1.807, 2.05) is 13.8 Å². The van der Waals surface area contributed by atoms with Crippen LogP contribution < -0.4 is 11.1 Å². The van der Waals surface area contributed by atoms with Crippen LogP contribution in [0.4, 0.5) is 8.78 Å². The highest BCUT2D eigenvalue weighted by molar-refractivity contribution is 5.83. The predicted octanol–water partition coefficient (Wildman–Crippen LogP) is 2.70. The fourth-order valence-corrected chi connectivity index (χ4v) is 2.49. The average Bonchev–Trinajstić information content (AvgIpc) is 3.28. The third-order valence-electron chi connectivity index (χ3n) is 4.52. The van der Waals surface area contributed by atoms with Crippen molar-refractivity contribution in [3.05, 3.63) is 35.4 Å². The van der Waals surface area contributed by atoms with E-state index in [-0.39, 0.29) is 23.3 Å². The van der Waals surface area contributed by atoms with E-state index in [1.165, 1.54) is 6.07 Å². The molecule has 1 aromatic carbocycles. The predicted molar refractivity (Wildman–Crippen MR) is 77.7 cm³/mol. The summed E-state index contributed by atoms with van der Waals surface area (Å²) in [4.78, 5) is 12.1. The first-order chi connectivity index (χ1) is 9.90. The van der Waals surface area contributed by atoms with Gasteiger partial charge in [0.2, 0.25) is 5.91 Å². The number of hydrogen-bond donors (Lipinski definition) is 2. The number of halogens is 2. The molecule has 0 bridgehead atoms. The van der Waals surface area contributed by atoms with Gasteiger partial charge in [-0.2, -0.15) is 0 Å².